The number of nitrogens with one attached hydrogen (secondary N) is 5. The third-order valence-corrected chi connectivity index (χ3v) is 7.98. The zero-order chi connectivity index (χ0) is 40.8. The molecule has 0 radical (unpaired) electrons. The van der Waals surface area contributed by atoms with Gasteiger partial charge in [-0.2, -0.15) is 0 Å². The van der Waals surface area contributed by atoms with E-state index in [0.717, 1.165) is 7.11 Å². The van der Waals surface area contributed by atoms with Crippen LogP contribution in [0, 0.1) is 11.8 Å². The Morgan fingerprint density at radius 3 is 1.79 bits per heavy atom. The Morgan fingerprint density at radius 2 is 1.30 bits per heavy atom. The lowest BCUT2D eigenvalue weighted by Crippen LogP contribution is -2.61. The Bertz CT molecular complexity index is 1430. The molecule has 1 aromatic rings. The molecule has 5 amide bonds. The summed E-state index contributed by atoms with van der Waals surface area (Å²) in [5.41, 5.74) is -0.983. The smallest absolute Gasteiger partial charge is 0.408 e. The maximum atomic E-state index is 13.9. The molecule has 0 saturated heterocycles. The summed E-state index contributed by atoms with van der Waals surface area (Å²) < 4.78 is 17.1. The number of aromatic nitrogens is 2. The van der Waals surface area contributed by atoms with Crippen molar-refractivity contribution in [3.05, 3.63) is 18.2 Å². The zero-order valence-electron chi connectivity index (χ0n) is 33.5. The highest BCUT2D eigenvalue weighted by Crippen LogP contribution is 2.14. The van der Waals surface area contributed by atoms with Gasteiger partial charge in [-0.15, -0.1) is 0 Å². The average molecular weight is 752 g/mol. The normalized spacial score (nSPS) is 15.1. The predicted molar refractivity (Wildman–Crippen MR) is 195 cm³/mol. The third kappa shape index (κ3) is 16.7. The molecule has 17 heteroatoms. The minimum absolute atomic E-state index is 0.0365. The number of carbonyl (C=O) groups is 7. The summed E-state index contributed by atoms with van der Waals surface area (Å²) in [5, 5.41) is 13.2. The number of hydrogen-bond acceptors (Lipinski definition) is 11. The number of esters is 2. The van der Waals surface area contributed by atoms with E-state index in [1.165, 1.54) is 6.92 Å². The lowest BCUT2D eigenvalue weighted by molar-refractivity contribution is -0.155. The number of amides is 5. The van der Waals surface area contributed by atoms with Crippen LogP contribution >= 0.6 is 0 Å². The van der Waals surface area contributed by atoms with Gasteiger partial charge in [-0.05, 0) is 66.7 Å². The van der Waals surface area contributed by atoms with Gasteiger partial charge in [0.25, 0.3) is 0 Å². The minimum atomic E-state index is -1.29. The van der Waals surface area contributed by atoms with E-state index in [-0.39, 0.29) is 19.3 Å². The van der Waals surface area contributed by atoms with Gasteiger partial charge in [0.05, 0.1) is 13.4 Å². The molecule has 5 N–H and O–H groups in total. The first kappa shape index (κ1) is 46.3. The molecule has 1 aromatic heterocycles. The number of methoxy groups -OCH3 is 1. The summed E-state index contributed by atoms with van der Waals surface area (Å²) >= 11 is 0. The Labute approximate surface area is 312 Å². The van der Waals surface area contributed by atoms with Crippen LogP contribution in [0.2, 0.25) is 0 Å². The van der Waals surface area contributed by atoms with E-state index in [1.54, 1.807) is 86.5 Å². The number of ether oxygens (including phenoxy) is 3. The molecule has 6 atom stereocenters. The van der Waals surface area contributed by atoms with Crippen LogP contribution in [0.5, 0.6) is 0 Å². The van der Waals surface area contributed by atoms with Crippen molar-refractivity contribution in [2.45, 2.75) is 143 Å². The van der Waals surface area contributed by atoms with Gasteiger partial charge >= 0.3 is 18.0 Å². The van der Waals surface area contributed by atoms with Crippen molar-refractivity contribution in [2.24, 2.45) is 18.9 Å². The number of rotatable bonds is 18. The second-order valence-electron chi connectivity index (χ2n) is 15.4. The molecule has 1 rings (SSSR count). The lowest BCUT2D eigenvalue weighted by Gasteiger charge is -2.30. The highest BCUT2D eigenvalue weighted by molar-refractivity contribution is 5.96. The number of alkyl carbamates (subject to hydrolysis) is 1. The Balaban J connectivity index is 3.31. The Hall–Kier alpha value is -4.70. The van der Waals surface area contributed by atoms with Crippen LogP contribution in [-0.4, -0.2) is 99.7 Å². The van der Waals surface area contributed by atoms with Crippen LogP contribution in [0.25, 0.3) is 0 Å². The van der Waals surface area contributed by atoms with E-state index in [2.05, 4.69) is 36.3 Å². The summed E-state index contributed by atoms with van der Waals surface area (Å²) in [6.07, 6.45) is 2.37. The first-order chi connectivity index (χ1) is 24.4. The van der Waals surface area contributed by atoms with Crippen molar-refractivity contribution in [1.29, 1.82) is 0 Å². The van der Waals surface area contributed by atoms with Crippen LogP contribution in [0.1, 0.15) is 101 Å². The molecule has 1 heterocycles. The molecule has 0 bridgehead atoms. The quantitative estimate of drug-likeness (QED) is 0.107. The molecule has 0 aliphatic carbocycles. The van der Waals surface area contributed by atoms with Crippen molar-refractivity contribution >= 4 is 41.7 Å². The predicted octanol–water partition coefficient (Wildman–Crippen LogP) is 1.81. The molecule has 0 spiro atoms. The van der Waals surface area contributed by atoms with E-state index in [9.17, 15) is 33.6 Å². The standard InChI is InChI=1S/C36H61N7O10/c1-14-21(4)28(42-30(46)25(17-23-18-37-19-43(23)12)40-34(50)53-36(9,10)11)32(48)41-27(20(2)3)31(47)39-24(15-16-26(44)52-35(6,7)8)29(45)38-22(5)33(49)51-13/h18-22,24-25,27-28H,14-17H2,1-13H3,(H,38,45)(H,39,47)(H,40,50)(H,41,48)(H,42,46)/t21-,22-,24+,25-,27+,28+/m0/s1. The van der Waals surface area contributed by atoms with Crippen LogP contribution in [-0.2, 0) is 56.4 Å². The number of hydrogen-bond donors (Lipinski definition) is 5. The molecule has 53 heavy (non-hydrogen) atoms. The second-order valence-corrected chi connectivity index (χ2v) is 15.4. The number of aryl methyl sites for hydroxylation is 1. The number of imidazole rings is 1. The monoisotopic (exact) mass is 751 g/mol. The van der Waals surface area contributed by atoms with Gasteiger partial charge in [0.2, 0.25) is 23.6 Å². The average Bonchev–Trinajstić information content (AvgIpc) is 3.44. The fourth-order valence-electron chi connectivity index (χ4n) is 4.92. The summed E-state index contributed by atoms with van der Waals surface area (Å²) in [6.45, 7) is 18.5. The molecule has 0 unspecified atom stereocenters. The topological polar surface area (TPSA) is 225 Å². The van der Waals surface area contributed by atoms with E-state index >= 15 is 0 Å². The van der Waals surface area contributed by atoms with Gasteiger partial charge in [-0.1, -0.05) is 34.1 Å². The van der Waals surface area contributed by atoms with Crippen LogP contribution < -0.4 is 26.6 Å². The van der Waals surface area contributed by atoms with Crippen LogP contribution in [0.3, 0.4) is 0 Å². The fourth-order valence-corrected chi connectivity index (χ4v) is 4.92. The van der Waals surface area contributed by atoms with Crippen molar-refractivity contribution in [3.8, 4) is 0 Å². The van der Waals surface area contributed by atoms with Crippen LogP contribution in [0.4, 0.5) is 4.79 Å². The largest absolute Gasteiger partial charge is 0.467 e. The van der Waals surface area contributed by atoms with Gasteiger partial charge < -0.3 is 45.4 Å². The lowest BCUT2D eigenvalue weighted by atomic mass is 9.95. The van der Waals surface area contributed by atoms with Crippen molar-refractivity contribution in [2.75, 3.05) is 7.11 Å². The fraction of sp³-hybridized carbons (Fsp3) is 0.722. The van der Waals surface area contributed by atoms with E-state index in [1.807, 2.05) is 6.92 Å². The molecular weight excluding hydrogens is 690 g/mol. The molecule has 0 aliphatic heterocycles. The van der Waals surface area contributed by atoms with Gasteiger partial charge in [-0.25, -0.2) is 14.6 Å². The SMILES string of the molecule is CC[C@H](C)[C@@H](NC(=O)[C@H](Cc1cncn1C)NC(=O)OC(C)(C)C)C(=O)N[C@@H](C(=O)N[C@H](CCC(=O)OC(C)(C)C)C(=O)N[C@@H](C)C(=O)OC)C(C)C. The maximum Gasteiger partial charge on any atom is 0.408 e. The Kier molecular flexibility index (Phi) is 17.9. The first-order valence-corrected chi connectivity index (χ1v) is 17.8. The van der Waals surface area contributed by atoms with E-state index in [4.69, 9.17) is 9.47 Å². The minimum Gasteiger partial charge on any atom is -0.467 e. The van der Waals surface area contributed by atoms with Crippen molar-refractivity contribution < 1.29 is 47.8 Å². The highest BCUT2D eigenvalue weighted by Gasteiger charge is 2.36. The van der Waals surface area contributed by atoms with Gasteiger partial charge in [0.15, 0.2) is 0 Å². The molecule has 0 fully saturated rings. The molecule has 0 aromatic carbocycles. The molecule has 0 aliphatic rings. The zero-order valence-corrected chi connectivity index (χ0v) is 33.5. The van der Waals surface area contributed by atoms with Gasteiger partial charge in [-0.3, -0.25) is 24.0 Å². The van der Waals surface area contributed by atoms with Gasteiger partial charge in [0, 0.05) is 31.8 Å². The summed E-state index contributed by atoms with van der Waals surface area (Å²) in [6, 6.07) is -5.83. The maximum absolute atomic E-state index is 13.9. The molecule has 0 saturated carbocycles. The first-order valence-electron chi connectivity index (χ1n) is 17.8. The second kappa shape index (κ2) is 20.5. The van der Waals surface area contributed by atoms with Crippen LogP contribution in [0.15, 0.2) is 12.5 Å². The number of nitrogens with zero attached hydrogens (tertiary/aromatic N) is 2. The molecular formula is C36H61N7O10. The van der Waals surface area contributed by atoms with E-state index in [0.29, 0.717) is 12.1 Å². The number of carbonyl (C=O) groups excluding carboxylic acids is 7. The summed E-state index contributed by atoms with van der Waals surface area (Å²) in [4.78, 5) is 96.0. The summed E-state index contributed by atoms with van der Waals surface area (Å²) in [7, 11) is 2.90. The summed E-state index contributed by atoms with van der Waals surface area (Å²) in [5.74, 6) is -5.07. The van der Waals surface area contributed by atoms with Gasteiger partial charge in [0.1, 0.15) is 41.4 Å². The van der Waals surface area contributed by atoms with Crippen molar-refractivity contribution in [3.63, 3.8) is 0 Å². The highest BCUT2D eigenvalue weighted by atomic mass is 16.6. The van der Waals surface area contributed by atoms with Crippen molar-refractivity contribution in [1.82, 2.24) is 36.1 Å². The Morgan fingerprint density at radius 1 is 0.755 bits per heavy atom. The van der Waals surface area contributed by atoms with E-state index < -0.39 is 94.9 Å². The third-order valence-electron chi connectivity index (χ3n) is 7.98. The molecule has 17 nitrogen and oxygen atoms in total. The molecule has 300 valence electrons.